The molecule has 1 aliphatic heterocycles. The van der Waals surface area contributed by atoms with Gasteiger partial charge in [0.1, 0.15) is 17.7 Å². The fourth-order valence-corrected chi connectivity index (χ4v) is 5.23. The van der Waals surface area contributed by atoms with Gasteiger partial charge >= 0.3 is 6.03 Å². The van der Waals surface area contributed by atoms with E-state index in [1.165, 1.54) is 17.2 Å². The molecule has 9 nitrogen and oxygen atoms in total. The van der Waals surface area contributed by atoms with Gasteiger partial charge < -0.3 is 20.3 Å². The summed E-state index contributed by atoms with van der Waals surface area (Å²) in [6, 6.07) is 15.5. The Morgan fingerprint density at radius 3 is 2.69 bits per heavy atom. The molecule has 3 aromatic rings. The van der Waals surface area contributed by atoms with Crippen LogP contribution in [0.15, 0.2) is 60.8 Å². The molecule has 2 heterocycles. The number of nitriles is 1. The number of nitrogens with one attached hydrogen (secondary N) is 3. The number of urea groups is 1. The van der Waals surface area contributed by atoms with Crippen molar-refractivity contribution in [1.29, 1.82) is 5.26 Å². The normalized spacial score (nSPS) is 18.8. The summed E-state index contributed by atoms with van der Waals surface area (Å²) >= 11 is 5.89. The Labute approximate surface area is 249 Å². The summed E-state index contributed by atoms with van der Waals surface area (Å²) in [5, 5.41) is 18.8. The molecule has 218 valence electrons. The van der Waals surface area contributed by atoms with E-state index in [0.717, 1.165) is 30.5 Å². The number of amides is 3. The van der Waals surface area contributed by atoms with Gasteiger partial charge in [0.05, 0.1) is 34.5 Å². The van der Waals surface area contributed by atoms with Crippen LogP contribution in [0.5, 0.6) is 0 Å². The van der Waals surface area contributed by atoms with Gasteiger partial charge in [-0.3, -0.25) is 10.1 Å². The van der Waals surface area contributed by atoms with Crippen molar-refractivity contribution in [2.45, 2.75) is 44.4 Å². The molecule has 2 aliphatic rings. The van der Waals surface area contributed by atoms with Crippen LogP contribution < -0.4 is 16.0 Å². The van der Waals surface area contributed by atoms with Crippen LogP contribution in [0, 0.1) is 23.1 Å². The molecule has 1 aromatic heterocycles. The average molecular weight is 591 g/mol. The number of likely N-dealkylation sites (tertiary alicyclic amines) is 1. The Balaban J connectivity index is 1.36. The number of rotatable bonds is 10. The number of nitrogens with zero attached hydrogens (tertiary/aromatic N) is 3. The zero-order valence-electron chi connectivity index (χ0n) is 23.1. The van der Waals surface area contributed by atoms with Crippen molar-refractivity contribution >= 4 is 35.0 Å². The second-order valence-electron chi connectivity index (χ2n) is 10.5. The summed E-state index contributed by atoms with van der Waals surface area (Å²) in [4.78, 5) is 32.2. The number of hydrogen-bond acceptors (Lipinski definition) is 6. The fourth-order valence-electron chi connectivity index (χ4n) is 5.11. The van der Waals surface area contributed by atoms with Crippen molar-refractivity contribution in [3.05, 3.63) is 88.3 Å². The molecule has 5 rings (SSSR count). The summed E-state index contributed by atoms with van der Waals surface area (Å²) in [5.74, 6) is -0.250. The maximum Gasteiger partial charge on any atom is 0.323 e. The van der Waals surface area contributed by atoms with Crippen molar-refractivity contribution in [2.75, 3.05) is 30.3 Å². The van der Waals surface area contributed by atoms with E-state index in [9.17, 15) is 14.9 Å². The number of pyridine rings is 1. The Kier molecular flexibility index (Phi) is 9.32. The van der Waals surface area contributed by atoms with E-state index in [2.05, 4.69) is 27.0 Å². The molecule has 42 heavy (non-hydrogen) atoms. The second kappa shape index (κ2) is 13.3. The molecule has 0 spiro atoms. The summed E-state index contributed by atoms with van der Waals surface area (Å²) < 4.78 is 20.8. The van der Waals surface area contributed by atoms with E-state index >= 15 is 4.39 Å². The maximum atomic E-state index is 15.1. The molecule has 1 saturated heterocycles. The van der Waals surface area contributed by atoms with Gasteiger partial charge in [0, 0.05) is 25.8 Å². The van der Waals surface area contributed by atoms with E-state index in [4.69, 9.17) is 16.3 Å². The van der Waals surface area contributed by atoms with Crippen LogP contribution >= 0.6 is 11.6 Å². The van der Waals surface area contributed by atoms with Crippen LogP contribution in [0.4, 0.5) is 20.7 Å². The van der Waals surface area contributed by atoms with Gasteiger partial charge in [0.15, 0.2) is 0 Å². The van der Waals surface area contributed by atoms with Gasteiger partial charge in [0.2, 0.25) is 5.91 Å². The lowest BCUT2D eigenvalue weighted by molar-refractivity contribution is -0.119. The second-order valence-corrected chi connectivity index (χ2v) is 11.0. The van der Waals surface area contributed by atoms with Crippen LogP contribution in [0.1, 0.15) is 48.9 Å². The van der Waals surface area contributed by atoms with Crippen LogP contribution in [0.2, 0.25) is 5.02 Å². The van der Waals surface area contributed by atoms with Gasteiger partial charge in [0.25, 0.3) is 0 Å². The highest BCUT2D eigenvalue weighted by Crippen LogP contribution is 2.32. The molecule has 3 amide bonds. The first kappa shape index (κ1) is 29.5. The SMILES string of the molecule is CCOC1CC(C(=O)Nc2cc(C(NCC3CC3)c3cccc(C#N)c3)ccc2F)N(C(=O)Nc2ccc(Cl)cn2)C1. The minimum absolute atomic E-state index is 0.00625. The topological polar surface area (TPSA) is 119 Å². The Morgan fingerprint density at radius 1 is 1.17 bits per heavy atom. The number of halogens is 2. The molecular weight excluding hydrogens is 559 g/mol. The van der Waals surface area contributed by atoms with Crippen LogP contribution in [0.3, 0.4) is 0 Å². The molecule has 0 radical (unpaired) electrons. The fraction of sp³-hybridized carbons (Fsp3) is 0.355. The monoisotopic (exact) mass is 590 g/mol. The summed E-state index contributed by atoms with van der Waals surface area (Å²) in [6.07, 6.45) is 3.63. The first-order valence-corrected chi connectivity index (χ1v) is 14.4. The molecule has 11 heteroatoms. The van der Waals surface area contributed by atoms with E-state index in [0.29, 0.717) is 23.1 Å². The van der Waals surface area contributed by atoms with Crippen LogP contribution in [0.25, 0.3) is 0 Å². The van der Waals surface area contributed by atoms with Crippen LogP contribution in [-0.4, -0.2) is 53.7 Å². The Morgan fingerprint density at radius 2 is 1.98 bits per heavy atom. The van der Waals surface area contributed by atoms with Gasteiger partial charge in [-0.25, -0.2) is 14.2 Å². The molecule has 1 aliphatic carbocycles. The van der Waals surface area contributed by atoms with Gasteiger partial charge in [-0.1, -0.05) is 29.8 Å². The lowest BCUT2D eigenvalue weighted by Gasteiger charge is -2.24. The molecule has 3 atom stereocenters. The highest BCUT2D eigenvalue weighted by Gasteiger charge is 2.40. The highest BCUT2D eigenvalue weighted by atomic mass is 35.5. The summed E-state index contributed by atoms with van der Waals surface area (Å²) in [7, 11) is 0. The third kappa shape index (κ3) is 7.23. The molecule has 1 saturated carbocycles. The third-order valence-electron chi connectivity index (χ3n) is 7.43. The molecule has 3 N–H and O–H groups in total. The minimum atomic E-state index is -0.895. The number of anilines is 2. The number of ether oxygens (including phenoxy) is 1. The first-order valence-electron chi connectivity index (χ1n) is 14.0. The van der Waals surface area contributed by atoms with Gasteiger partial charge in [-0.2, -0.15) is 5.26 Å². The molecule has 2 fully saturated rings. The Hall–Kier alpha value is -4.04. The minimum Gasteiger partial charge on any atom is -0.377 e. The largest absolute Gasteiger partial charge is 0.377 e. The van der Waals surface area contributed by atoms with Crippen molar-refractivity contribution in [3.63, 3.8) is 0 Å². The number of hydrogen-bond donors (Lipinski definition) is 3. The summed E-state index contributed by atoms with van der Waals surface area (Å²) in [6.45, 7) is 3.24. The number of aromatic nitrogens is 1. The van der Waals surface area contributed by atoms with Crippen molar-refractivity contribution in [3.8, 4) is 6.07 Å². The maximum absolute atomic E-state index is 15.1. The van der Waals surface area contributed by atoms with E-state index in [-0.39, 0.29) is 36.6 Å². The Bertz CT molecular complexity index is 1480. The smallest absolute Gasteiger partial charge is 0.323 e. The zero-order valence-corrected chi connectivity index (χ0v) is 23.9. The zero-order chi connectivity index (χ0) is 29.6. The van der Waals surface area contributed by atoms with Gasteiger partial charge in [-0.15, -0.1) is 0 Å². The highest BCUT2D eigenvalue weighted by molar-refractivity contribution is 6.30. The predicted molar refractivity (Wildman–Crippen MR) is 158 cm³/mol. The predicted octanol–water partition coefficient (Wildman–Crippen LogP) is 5.48. The number of carbonyl (C=O) groups is 2. The molecule has 0 bridgehead atoms. The van der Waals surface area contributed by atoms with Gasteiger partial charge in [-0.05, 0) is 79.8 Å². The first-order chi connectivity index (χ1) is 20.3. The van der Waals surface area contributed by atoms with Crippen LogP contribution in [-0.2, 0) is 9.53 Å². The van der Waals surface area contributed by atoms with Crippen molar-refractivity contribution in [2.24, 2.45) is 5.92 Å². The molecular formula is C31H32ClFN6O3. The number of carbonyl (C=O) groups excluding carboxylic acids is 2. The quantitative estimate of drug-likeness (QED) is 0.287. The lowest BCUT2D eigenvalue weighted by atomic mass is 9.96. The van der Waals surface area contributed by atoms with Crippen molar-refractivity contribution < 1.29 is 18.7 Å². The lowest BCUT2D eigenvalue weighted by Crippen LogP contribution is -2.45. The average Bonchev–Trinajstić information content (AvgIpc) is 3.72. The molecule has 2 aromatic carbocycles. The van der Waals surface area contributed by atoms with E-state index in [1.807, 2.05) is 25.1 Å². The third-order valence-corrected chi connectivity index (χ3v) is 7.65. The van der Waals surface area contributed by atoms with E-state index < -0.39 is 23.8 Å². The van der Waals surface area contributed by atoms with E-state index in [1.54, 1.807) is 30.3 Å². The van der Waals surface area contributed by atoms with Crippen molar-refractivity contribution in [1.82, 2.24) is 15.2 Å². The molecule has 3 unspecified atom stereocenters. The standard InChI is InChI=1S/C31H32ClFN6O3/c1-2-42-24-14-27(39(18-24)31(41)38-28-11-9-23(32)17-35-28)30(40)37-26-13-22(8-10-25(26)33)29(36-16-19-6-7-19)21-5-3-4-20(12-21)15-34/h3-5,8-13,17,19,24,27,29,36H,2,6-7,14,16,18H2,1H3,(H,37,40)(H,35,38,41). The summed E-state index contributed by atoms with van der Waals surface area (Å²) in [5.41, 5.74) is 2.14. The number of benzene rings is 2.